The number of piperidine rings is 1. The van der Waals surface area contributed by atoms with Crippen LogP contribution in [0, 0.1) is 5.92 Å². The first-order chi connectivity index (χ1) is 6.08. The van der Waals surface area contributed by atoms with E-state index in [4.69, 9.17) is 4.84 Å². The van der Waals surface area contributed by atoms with Crippen molar-refractivity contribution in [3.8, 4) is 0 Å². The summed E-state index contributed by atoms with van der Waals surface area (Å²) >= 11 is 0. The minimum absolute atomic E-state index is 0.0765. The minimum Gasteiger partial charge on any atom is -0.317 e. The maximum Gasteiger partial charge on any atom is 0.0812 e. The minimum atomic E-state index is -0.0765. The lowest BCUT2D eigenvalue weighted by Crippen LogP contribution is -2.36. The van der Waals surface area contributed by atoms with Crippen molar-refractivity contribution in [2.75, 3.05) is 19.6 Å². The van der Waals surface area contributed by atoms with E-state index in [1.165, 1.54) is 12.8 Å². The highest BCUT2D eigenvalue weighted by Gasteiger charge is 2.15. The molecule has 1 rings (SSSR count). The summed E-state index contributed by atoms with van der Waals surface area (Å²) in [6, 6.07) is 0. The Kier molecular flexibility index (Phi) is 4.16. The first-order valence-corrected chi connectivity index (χ1v) is 5.19. The Balaban J connectivity index is 2.04. The van der Waals surface area contributed by atoms with Gasteiger partial charge >= 0.3 is 0 Å². The highest BCUT2D eigenvalue weighted by Crippen LogP contribution is 2.11. The molecule has 0 radical (unpaired) electrons. The van der Waals surface area contributed by atoms with Gasteiger partial charge in [-0.2, -0.15) is 0 Å². The van der Waals surface area contributed by atoms with Gasteiger partial charge in [0.15, 0.2) is 0 Å². The molecule has 0 unspecified atom stereocenters. The van der Waals surface area contributed by atoms with Gasteiger partial charge in [0.25, 0.3) is 0 Å². The molecule has 1 fully saturated rings. The van der Waals surface area contributed by atoms with Crippen molar-refractivity contribution < 1.29 is 4.84 Å². The van der Waals surface area contributed by atoms with Gasteiger partial charge in [-0.05, 0) is 52.6 Å². The monoisotopic (exact) mass is 186 g/mol. The Morgan fingerprint density at radius 2 is 1.92 bits per heavy atom. The summed E-state index contributed by atoms with van der Waals surface area (Å²) in [5, 5.41) is 3.35. The molecule has 0 aromatic carbocycles. The lowest BCUT2D eigenvalue weighted by atomic mass is 9.99. The normalized spacial score (nSPS) is 20.5. The molecule has 0 atom stereocenters. The third-order valence-corrected chi connectivity index (χ3v) is 2.21. The molecule has 3 heteroatoms. The van der Waals surface area contributed by atoms with E-state index in [2.05, 4.69) is 31.6 Å². The van der Waals surface area contributed by atoms with Crippen molar-refractivity contribution in [3.63, 3.8) is 0 Å². The summed E-state index contributed by atoms with van der Waals surface area (Å²) in [5.41, 5.74) is 2.99. The second kappa shape index (κ2) is 4.94. The molecular weight excluding hydrogens is 164 g/mol. The molecule has 1 heterocycles. The molecule has 1 aliphatic rings. The van der Waals surface area contributed by atoms with Crippen LogP contribution in [-0.4, -0.2) is 25.2 Å². The summed E-state index contributed by atoms with van der Waals surface area (Å²) in [4.78, 5) is 5.46. The first-order valence-electron chi connectivity index (χ1n) is 5.19. The van der Waals surface area contributed by atoms with Gasteiger partial charge in [-0.1, -0.05) is 0 Å². The zero-order chi connectivity index (χ0) is 9.73. The van der Waals surface area contributed by atoms with E-state index in [1.54, 1.807) is 0 Å². The number of hydroxylamine groups is 1. The smallest absolute Gasteiger partial charge is 0.0812 e. The fourth-order valence-electron chi connectivity index (χ4n) is 1.46. The molecule has 0 amide bonds. The van der Waals surface area contributed by atoms with Crippen LogP contribution in [0.4, 0.5) is 0 Å². The van der Waals surface area contributed by atoms with Crippen molar-refractivity contribution in [2.24, 2.45) is 5.92 Å². The van der Waals surface area contributed by atoms with Crippen LogP contribution in [0.2, 0.25) is 0 Å². The Bertz CT molecular complexity index is 136. The average molecular weight is 186 g/mol. The summed E-state index contributed by atoms with van der Waals surface area (Å²) in [5.74, 6) is 0.781. The SMILES string of the molecule is CC(C)(C)ONCC1CCNCC1. The fourth-order valence-corrected chi connectivity index (χ4v) is 1.46. The summed E-state index contributed by atoms with van der Waals surface area (Å²) in [7, 11) is 0. The van der Waals surface area contributed by atoms with Crippen LogP contribution >= 0.6 is 0 Å². The molecule has 1 saturated heterocycles. The van der Waals surface area contributed by atoms with Crippen LogP contribution in [0.25, 0.3) is 0 Å². The maximum atomic E-state index is 5.46. The average Bonchev–Trinajstić information content (AvgIpc) is 2.04. The molecule has 0 aliphatic carbocycles. The van der Waals surface area contributed by atoms with Gasteiger partial charge in [0.1, 0.15) is 0 Å². The molecule has 0 aromatic heterocycles. The van der Waals surface area contributed by atoms with E-state index in [0.717, 1.165) is 25.6 Å². The van der Waals surface area contributed by atoms with Crippen molar-refractivity contribution in [1.82, 2.24) is 10.8 Å². The van der Waals surface area contributed by atoms with E-state index in [-0.39, 0.29) is 5.60 Å². The van der Waals surface area contributed by atoms with Gasteiger partial charge < -0.3 is 5.32 Å². The zero-order valence-corrected chi connectivity index (χ0v) is 9.02. The second-order valence-corrected chi connectivity index (χ2v) is 4.76. The second-order valence-electron chi connectivity index (χ2n) is 4.76. The van der Waals surface area contributed by atoms with Gasteiger partial charge in [-0.25, -0.2) is 5.48 Å². The van der Waals surface area contributed by atoms with Crippen molar-refractivity contribution in [2.45, 2.75) is 39.2 Å². The standard InChI is InChI=1S/C10H22N2O/c1-10(2,3)13-12-8-9-4-6-11-7-5-9/h9,11-12H,4-8H2,1-3H3. The van der Waals surface area contributed by atoms with Crippen molar-refractivity contribution in [1.29, 1.82) is 0 Å². The Morgan fingerprint density at radius 3 is 2.46 bits per heavy atom. The predicted octanol–water partition coefficient (Wildman–Crippen LogP) is 1.31. The largest absolute Gasteiger partial charge is 0.317 e. The lowest BCUT2D eigenvalue weighted by Gasteiger charge is -2.25. The van der Waals surface area contributed by atoms with Crippen LogP contribution in [0.3, 0.4) is 0 Å². The number of hydrogen-bond donors (Lipinski definition) is 2. The van der Waals surface area contributed by atoms with Crippen LogP contribution in [0.15, 0.2) is 0 Å². The van der Waals surface area contributed by atoms with Gasteiger partial charge in [-0.3, -0.25) is 4.84 Å². The summed E-state index contributed by atoms with van der Waals surface area (Å²) in [6.07, 6.45) is 2.53. The van der Waals surface area contributed by atoms with Gasteiger partial charge in [0.05, 0.1) is 5.60 Å². The Labute approximate surface area is 81.2 Å². The van der Waals surface area contributed by atoms with Gasteiger partial charge in [0, 0.05) is 6.54 Å². The maximum absolute atomic E-state index is 5.46. The van der Waals surface area contributed by atoms with Crippen LogP contribution in [0.5, 0.6) is 0 Å². The highest BCUT2D eigenvalue weighted by atomic mass is 16.7. The summed E-state index contributed by atoms with van der Waals surface area (Å²) < 4.78 is 0. The molecule has 3 nitrogen and oxygen atoms in total. The van der Waals surface area contributed by atoms with Gasteiger partial charge in [-0.15, -0.1) is 0 Å². The number of nitrogens with one attached hydrogen (secondary N) is 2. The van der Waals surface area contributed by atoms with Crippen LogP contribution in [-0.2, 0) is 4.84 Å². The first kappa shape index (κ1) is 11.0. The topological polar surface area (TPSA) is 33.3 Å². The quantitative estimate of drug-likeness (QED) is 0.652. The van der Waals surface area contributed by atoms with E-state index in [9.17, 15) is 0 Å². The van der Waals surface area contributed by atoms with E-state index in [1.807, 2.05) is 0 Å². The number of hydrogen-bond acceptors (Lipinski definition) is 3. The Morgan fingerprint density at radius 1 is 1.31 bits per heavy atom. The highest BCUT2D eigenvalue weighted by molar-refractivity contribution is 4.69. The molecule has 13 heavy (non-hydrogen) atoms. The van der Waals surface area contributed by atoms with E-state index in [0.29, 0.717) is 0 Å². The van der Waals surface area contributed by atoms with Crippen LogP contribution in [0.1, 0.15) is 33.6 Å². The molecule has 78 valence electrons. The van der Waals surface area contributed by atoms with Crippen molar-refractivity contribution >= 4 is 0 Å². The molecule has 0 aromatic rings. The van der Waals surface area contributed by atoms with Crippen molar-refractivity contribution in [3.05, 3.63) is 0 Å². The third-order valence-electron chi connectivity index (χ3n) is 2.21. The molecular formula is C10H22N2O. The number of rotatable bonds is 3. The zero-order valence-electron chi connectivity index (χ0n) is 9.02. The molecule has 2 N–H and O–H groups in total. The molecule has 0 spiro atoms. The third kappa shape index (κ3) is 5.24. The molecule has 0 bridgehead atoms. The van der Waals surface area contributed by atoms with Crippen LogP contribution < -0.4 is 10.8 Å². The fraction of sp³-hybridized carbons (Fsp3) is 1.00. The Hall–Kier alpha value is -0.120. The van der Waals surface area contributed by atoms with E-state index < -0.39 is 0 Å². The predicted molar refractivity (Wildman–Crippen MR) is 54.4 cm³/mol. The summed E-state index contributed by atoms with van der Waals surface area (Å²) in [6.45, 7) is 9.47. The lowest BCUT2D eigenvalue weighted by molar-refractivity contribution is -0.0779. The van der Waals surface area contributed by atoms with E-state index >= 15 is 0 Å². The van der Waals surface area contributed by atoms with Gasteiger partial charge in [0.2, 0.25) is 0 Å². The molecule has 0 saturated carbocycles. The molecule has 1 aliphatic heterocycles.